The van der Waals surface area contributed by atoms with Gasteiger partial charge in [-0.05, 0) is 25.5 Å². The molecule has 0 aliphatic carbocycles. The van der Waals surface area contributed by atoms with E-state index >= 15 is 0 Å². The van der Waals surface area contributed by atoms with Crippen LogP contribution in [0.25, 0.3) is 11.8 Å². The second kappa shape index (κ2) is 5.13. The predicted molar refractivity (Wildman–Crippen MR) is 82.2 cm³/mol. The molecule has 1 aliphatic rings. The first-order valence-electron chi connectivity index (χ1n) is 7.16. The molecule has 1 aliphatic heterocycles. The number of aromatic nitrogens is 2. The number of nitrogens with zero attached hydrogens (tertiary/aromatic N) is 1. The van der Waals surface area contributed by atoms with Crippen LogP contribution in [0.1, 0.15) is 35.0 Å². The number of nitrogens with one attached hydrogen (secondary N) is 2. The van der Waals surface area contributed by atoms with Crippen molar-refractivity contribution in [1.29, 1.82) is 0 Å². The number of benzene rings is 1. The highest BCUT2D eigenvalue weighted by atomic mass is 19.4. The third-order valence-corrected chi connectivity index (χ3v) is 3.91. The lowest BCUT2D eigenvalue weighted by molar-refractivity contribution is -0.141. The lowest BCUT2D eigenvalue weighted by Crippen LogP contribution is -2.47. The molecule has 7 heteroatoms. The number of alkyl halides is 3. The molecule has 1 aromatic heterocycles. The molecule has 1 unspecified atom stereocenters. The SMILES string of the molecule is Cc1ccc(/C=C2\NCC(C)(N)c3[nH]nc(C(F)(F)F)c32)cc1. The highest BCUT2D eigenvalue weighted by Crippen LogP contribution is 2.39. The van der Waals surface area contributed by atoms with Gasteiger partial charge in [-0.1, -0.05) is 29.8 Å². The molecule has 0 bridgehead atoms. The second-order valence-corrected chi connectivity index (χ2v) is 6.06. The van der Waals surface area contributed by atoms with Gasteiger partial charge >= 0.3 is 6.18 Å². The van der Waals surface area contributed by atoms with Gasteiger partial charge in [0.15, 0.2) is 5.69 Å². The monoisotopic (exact) mass is 322 g/mol. The molecule has 3 rings (SSSR count). The van der Waals surface area contributed by atoms with Gasteiger partial charge in [0.1, 0.15) is 0 Å². The number of H-pyrrole nitrogens is 1. The van der Waals surface area contributed by atoms with Crippen LogP contribution in [0.2, 0.25) is 0 Å². The summed E-state index contributed by atoms with van der Waals surface area (Å²) in [6.07, 6.45) is -2.87. The van der Waals surface area contributed by atoms with Crippen LogP contribution in [-0.4, -0.2) is 16.7 Å². The van der Waals surface area contributed by atoms with Crippen LogP contribution < -0.4 is 11.1 Å². The first-order chi connectivity index (χ1) is 10.7. The zero-order valence-electron chi connectivity index (χ0n) is 12.8. The average molecular weight is 322 g/mol. The van der Waals surface area contributed by atoms with E-state index in [9.17, 15) is 13.2 Å². The summed E-state index contributed by atoms with van der Waals surface area (Å²) in [6.45, 7) is 3.93. The predicted octanol–water partition coefficient (Wildman–Crippen LogP) is 3.01. The molecule has 0 amide bonds. The van der Waals surface area contributed by atoms with Crippen molar-refractivity contribution in [3.05, 3.63) is 52.3 Å². The molecular weight excluding hydrogens is 305 g/mol. The molecule has 0 fully saturated rings. The number of aromatic amines is 1. The van der Waals surface area contributed by atoms with Crippen LogP contribution in [-0.2, 0) is 11.7 Å². The Balaban J connectivity index is 2.15. The fourth-order valence-corrected chi connectivity index (χ4v) is 2.63. The normalized spacial score (nSPS) is 22.8. The van der Waals surface area contributed by atoms with Crippen molar-refractivity contribution < 1.29 is 13.2 Å². The standard InChI is InChI=1S/C16H17F3N4/c1-9-3-5-10(6-4-9)7-11-12-13(15(2,20)8-21-11)22-23-14(12)16(17,18)19/h3-7,21H,8,20H2,1-2H3,(H,22,23)/b11-7-. The van der Waals surface area contributed by atoms with Crippen molar-refractivity contribution in [1.82, 2.24) is 15.5 Å². The number of hydrogen-bond donors (Lipinski definition) is 3. The lowest BCUT2D eigenvalue weighted by Gasteiger charge is -2.32. The zero-order valence-corrected chi connectivity index (χ0v) is 12.8. The minimum Gasteiger partial charge on any atom is -0.382 e. The van der Waals surface area contributed by atoms with E-state index < -0.39 is 17.4 Å². The van der Waals surface area contributed by atoms with Gasteiger partial charge in [-0.3, -0.25) is 5.10 Å². The second-order valence-electron chi connectivity index (χ2n) is 6.06. The molecule has 2 heterocycles. The van der Waals surface area contributed by atoms with Crippen molar-refractivity contribution in [3.63, 3.8) is 0 Å². The van der Waals surface area contributed by atoms with Gasteiger partial charge in [-0.2, -0.15) is 18.3 Å². The van der Waals surface area contributed by atoms with E-state index in [1.165, 1.54) is 0 Å². The summed E-state index contributed by atoms with van der Waals surface area (Å²) in [6, 6.07) is 7.52. The molecule has 4 N–H and O–H groups in total. The summed E-state index contributed by atoms with van der Waals surface area (Å²) in [5.74, 6) is 0. The quantitative estimate of drug-likeness (QED) is 0.756. The number of aryl methyl sites for hydroxylation is 1. The summed E-state index contributed by atoms with van der Waals surface area (Å²) in [4.78, 5) is 0. The van der Waals surface area contributed by atoms with E-state index in [1.807, 2.05) is 31.2 Å². The number of nitrogens with two attached hydrogens (primary N) is 1. The summed E-state index contributed by atoms with van der Waals surface area (Å²) in [5.41, 5.74) is 6.74. The molecular formula is C16H17F3N4. The van der Waals surface area contributed by atoms with E-state index in [-0.39, 0.29) is 5.56 Å². The van der Waals surface area contributed by atoms with Crippen molar-refractivity contribution in [2.45, 2.75) is 25.6 Å². The largest absolute Gasteiger partial charge is 0.435 e. The number of fused-ring (bicyclic) bond motifs is 1. The maximum atomic E-state index is 13.2. The van der Waals surface area contributed by atoms with Crippen LogP contribution in [0.5, 0.6) is 0 Å². The van der Waals surface area contributed by atoms with E-state index in [0.717, 1.165) is 11.1 Å². The Bertz CT molecular complexity index is 741. The summed E-state index contributed by atoms with van der Waals surface area (Å²) in [7, 11) is 0. The van der Waals surface area contributed by atoms with Gasteiger partial charge in [0, 0.05) is 12.2 Å². The van der Waals surface area contributed by atoms with Crippen LogP contribution >= 0.6 is 0 Å². The van der Waals surface area contributed by atoms with Crippen LogP contribution in [0.3, 0.4) is 0 Å². The molecule has 23 heavy (non-hydrogen) atoms. The summed E-state index contributed by atoms with van der Waals surface area (Å²) >= 11 is 0. The number of hydrogen-bond acceptors (Lipinski definition) is 3. The molecule has 1 atom stereocenters. The van der Waals surface area contributed by atoms with Gasteiger partial charge in [0.2, 0.25) is 0 Å². The van der Waals surface area contributed by atoms with Crippen molar-refractivity contribution >= 4 is 11.8 Å². The Hall–Kier alpha value is -2.28. The van der Waals surface area contributed by atoms with Gasteiger partial charge in [-0.15, -0.1) is 0 Å². The molecule has 122 valence electrons. The Labute approximate surface area is 131 Å². The Morgan fingerprint density at radius 1 is 1.26 bits per heavy atom. The molecule has 1 aromatic carbocycles. The number of halogens is 3. The summed E-state index contributed by atoms with van der Waals surface area (Å²) < 4.78 is 39.7. The molecule has 4 nitrogen and oxygen atoms in total. The van der Waals surface area contributed by atoms with Gasteiger partial charge in [-0.25, -0.2) is 0 Å². The number of rotatable bonds is 1. The fraction of sp³-hybridized carbons (Fsp3) is 0.312. The first kappa shape index (κ1) is 15.6. The van der Waals surface area contributed by atoms with Crippen LogP contribution in [0.4, 0.5) is 13.2 Å². The van der Waals surface area contributed by atoms with Crippen molar-refractivity contribution in [2.75, 3.05) is 6.54 Å². The molecule has 0 saturated carbocycles. The Kier molecular flexibility index (Phi) is 3.48. The van der Waals surface area contributed by atoms with E-state index in [2.05, 4.69) is 15.5 Å². The molecule has 0 radical (unpaired) electrons. The lowest BCUT2D eigenvalue weighted by atomic mass is 9.88. The summed E-state index contributed by atoms with van der Waals surface area (Å²) in [5, 5.41) is 8.94. The van der Waals surface area contributed by atoms with Crippen LogP contribution in [0.15, 0.2) is 24.3 Å². The highest BCUT2D eigenvalue weighted by molar-refractivity contribution is 5.84. The van der Waals surface area contributed by atoms with E-state index in [0.29, 0.717) is 17.9 Å². The van der Waals surface area contributed by atoms with Gasteiger partial charge in [0.05, 0.1) is 16.8 Å². The van der Waals surface area contributed by atoms with Crippen LogP contribution in [0, 0.1) is 6.92 Å². The molecule has 0 saturated heterocycles. The topological polar surface area (TPSA) is 66.7 Å². The van der Waals surface area contributed by atoms with E-state index in [4.69, 9.17) is 5.73 Å². The third kappa shape index (κ3) is 2.84. The zero-order chi connectivity index (χ0) is 16.8. The average Bonchev–Trinajstić information content (AvgIpc) is 2.91. The Morgan fingerprint density at radius 3 is 2.52 bits per heavy atom. The smallest absolute Gasteiger partial charge is 0.382 e. The fourth-order valence-electron chi connectivity index (χ4n) is 2.63. The highest BCUT2D eigenvalue weighted by Gasteiger charge is 2.43. The van der Waals surface area contributed by atoms with Crippen molar-refractivity contribution in [2.24, 2.45) is 5.73 Å². The maximum Gasteiger partial charge on any atom is 0.435 e. The minimum absolute atomic E-state index is 0.00525. The van der Waals surface area contributed by atoms with Gasteiger partial charge in [0.25, 0.3) is 0 Å². The first-order valence-corrected chi connectivity index (χ1v) is 7.16. The Morgan fingerprint density at radius 2 is 1.91 bits per heavy atom. The molecule has 2 aromatic rings. The molecule has 0 spiro atoms. The third-order valence-electron chi connectivity index (χ3n) is 3.91. The van der Waals surface area contributed by atoms with Gasteiger partial charge < -0.3 is 11.1 Å². The minimum atomic E-state index is -4.55. The maximum absolute atomic E-state index is 13.2. The van der Waals surface area contributed by atoms with Crippen molar-refractivity contribution in [3.8, 4) is 0 Å². The van der Waals surface area contributed by atoms with E-state index in [1.54, 1.807) is 13.0 Å².